The molecule has 1 saturated heterocycles. The van der Waals surface area contributed by atoms with Crippen molar-refractivity contribution >= 4 is 22.3 Å². The van der Waals surface area contributed by atoms with Crippen LogP contribution in [0.2, 0.25) is 0 Å². The standard InChI is InChI=1S/C14H21NO14S/c1-4(16)15-8-10(19)11(7(27-13(8)22)3-26-30(23,24)25)29-14-9(18)5(17)2-6(28-14)12(20)21/h2,5,7-11,13-14,17-19,22H,3H2,1H3,(H,15,16)(H,20,21)(H,23,24,25)/t5-,7+,8+,9+,10+,11-,13?,14-/m0/s1. The topological polar surface area (TPSA) is 239 Å². The molecule has 0 bridgehead atoms. The Kier molecular flexibility index (Phi) is 7.72. The van der Waals surface area contributed by atoms with Crippen LogP contribution in [0.15, 0.2) is 11.8 Å². The first kappa shape index (κ1) is 24.4. The number of carboxylic acid groups (broad SMARTS) is 1. The molecule has 0 aliphatic carbocycles. The number of amides is 1. The summed E-state index contributed by atoms with van der Waals surface area (Å²) in [4.78, 5) is 22.4. The van der Waals surface area contributed by atoms with E-state index in [0.29, 0.717) is 6.08 Å². The molecule has 0 aromatic heterocycles. The Bertz CT molecular complexity index is 784. The van der Waals surface area contributed by atoms with Crippen LogP contribution in [-0.2, 0) is 38.4 Å². The maximum Gasteiger partial charge on any atom is 0.397 e. The van der Waals surface area contributed by atoms with Crippen molar-refractivity contribution in [1.29, 1.82) is 0 Å². The molecule has 2 aliphatic heterocycles. The van der Waals surface area contributed by atoms with Crippen LogP contribution >= 0.6 is 0 Å². The van der Waals surface area contributed by atoms with Crippen LogP contribution in [0.3, 0.4) is 0 Å². The molecule has 0 spiro atoms. The van der Waals surface area contributed by atoms with E-state index in [4.69, 9.17) is 23.9 Å². The number of hydrogen-bond donors (Lipinski definition) is 7. The smallest absolute Gasteiger partial charge is 0.397 e. The van der Waals surface area contributed by atoms with Crippen molar-refractivity contribution < 1.29 is 66.5 Å². The van der Waals surface area contributed by atoms with Crippen molar-refractivity contribution in [1.82, 2.24) is 5.32 Å². The zero-order chi connectivity index (χ0) is 22.8. The van der Waals surface area contributed by atoms with Crippen LogP contribution in [0.1, 0.15) is 6.92 Å². The highest BCUT2D eigenvalue weighted by Gasteiger charge is 2.49. The van der Waals surface area contributed by atoms with Gasteiger partial charge in [-0.25, -0.2) is 8.98 Å². The summed E-state index contributed by atoms with van der Waals surface area (Å²) in [6.45, 7) is 0.0779. The predicted molar refractivity (Wildman–Crippen MR) is 89.5 cm³/mol. The van der Waals surface area contributed by atoms with E-state index in [2.05, 4.69) is 9.50 Å². The fourth-order valence-corrected chi connectivity index (χ4v) is 3.12. The van der Waals surface area contributed by atoms with Gasteiger partial charge >= 0.3 is 16.4 Å². The molecule has 2 rings (SSSR count). The first-order valence-electron chi connectivity index (χ1n) is 8.34. The molecule has 15 nitrogen and oxygen atoms in total. The number of nitrogens with one attached hydrogen (secondary N) is 1. The maximum absolute atomic E-state index is 11.3. The molecule has 0 radical (unpaired) electrons. The molecule has 30 heavy (non-hydrogen) atoms. The van der Waals surface area contributed by atoms with Crippen LogP contribution in [0, 0.1) is 0 Å². The largest absolute Gasteiger partial charge is 0.475 e. The quantitative estimate of drug-likeness (QED) is 0.179. The molecular formula is C14H21NO14S. The third kappa shape index (κ3) is 6.06. The predicted octanol–water partition coefficient (Wildman–Crippen LogP) is -4.18. The van der Waals surface area contributed by atoms with E-state index in [-0.39, 0.29) is 0 Å². The summed E-state index contributed by atoms with van der Waals surface area (Å²) in [5, 5.41) is 51.5. The summed E-state index contributed by atoms with van der Waals surface area (Å²) >= 11 is 0. The van der Waals surface area contributed by atoms with Crippen LogP contribution < -0.4 is 5.32 Å². The minimum atomic E-state index is -4.96. The molecule has 0 aromatic carbocycles. The summed E-state index contributed by atoms with van der Waals surface area (Å²) in [7, 11) is -4.96. The number of ether oxygens (including phenoxy) is 3. The lowest BCUT2D eigenvalue weighted by Gasteiger charge is -2.44. The molecule has 8 atom stereocenters. The van der Waals surface area contributed by atoms with Gasteiger partial charge in [0, 0.05) is 6.92 Å². The molecule has 1 fully saturated rings. The van der Waals surface area contributed by atoms with Gasteiger partial charge in [0.15, 0.2) is 6.29 Å². The molecule has 1 unspecified atom stereocenters. The summed E-state index contributed by atoms with van der Waals surface area (Å²) in [5.74, 6) is -3.07. The SMILES string of the molecule is CC(=O)N[C@H]1C(O)O[C@H](COS(=O)(=O)O)[C@H](O[C@@H]2OC(C(=O)O)=C[C@H](O)[C@H]2O)[C@@H]1O. The monoisotopic (exact) mass is 459 g/mol. The van der Waals surface area contributed by atoms with Crippen molar-refractivity contribution in [2.45, 2.75) is 56.1 Å². The lowest BCUT2D eigenvalue weighted by atomic mass is 9.96. The fraction of sp³-hybridized carbons (Fsp3) is 0.714. The first-order valence-corrected chi connectivity index (χ1v) is 9.70. The number of carboxylic acids is 1. The van der Waals surface area contributed by atoms with Crippen LogP contribution in [0.4, 0.5) is 0 Å². The summed E-state index contributed by atoms with van der Waals surface area (Å²) in [6, 6.07) is -1.49. The number of carbonyl (C=O) groups excluding carboxylic acids is 1. The molecule has 0 aromatic rings. The Labute approximate surface area is 169 Å². The lowest BCUT2D eigenvalue weighted by molar-refractivity contribution is -0.306. The van der Waals surface area contributed by atoms with E-state index in [0.717, 1.165) is 6.92 Å². The second-order valence-electron chi connectivity index (χ2n) is 6.40. The molecular weight excluding hydrogens is 438 g/mol. The average Bonchev–Trinajstić information content (AvgIpc) is 2.61. The number of carbonyl (C=O) groups is 2. The van der Waals surface area contributed by atoms with Gasteiger partial charge in [0.1, 0.15) is 36.6 Å². The third-order valence-electron chi connectivity index (χ3n) is 4.14. The van der Waals surface area contributed by atoms with Gasteiger partial charge in [-0.1, -0.05) is 0 Å². The highest BCUT2D eigenvalue weighted by atomic mass is 32.3. The van der Waals surface area contributed by atoms with Crippen LogP contribution in [0.25, 0.3) is 0 Å². The van der Waals surface area contributed by atoms with Gasteiger partial charge in [-0.15, -0.1) is 0 Å². The van der Waals surface area contributed by atoms with Gasteiger partial charge in [-0.05, 0) is 6.08 Å². The molecule has 2 aliphatic rings. The van der Waals surface area contributed by atoms with E-state index >= 15 is 0 Å². The maximum atomic E-state index is 11.3. The Balaban J connectivity index is 2.27. The Morgan fingerprint density at radius 1 is 1.20 bits per heavy atom. The van der Waals surface area contributed by atoms with Gasteiger partial charge in [-0.3, -0.25) is 9.35 Å². The van der Waals surface area contributed by atoms with Crippen molar-refractivity contribution in [2.24, 2.45) is 0 Å². The first-order chi connectivity index (χ1) is 13.8. The molecule has 172 valence electrons. The number of aliphatic carboxylic acids is 1. The average molecular weight is 459 g/mol. The molecule has 0 saturated carbocycles. The van der Waals surface area contributed by atoms with Crippen molar-refractivity contribution in [2.75, 3.05) is 6.61 Å². The van der Waals surface area contributed by atoms with E-state index in [1.54, 1.807) is 0 Å². The number of aliphatic hydroxyl groups excluding tert-OH is 4. The van der Waals surface area contributed by atoms with Crippen molar-refractivity contribution in [3.63, 3.8) is 0 Å². The minimum absolute atomic E-state index is 0.687. The van der Waals surface area contributed by atoms with E-state index in [1.807, 2.05) is 0 Å². The van der Waals surface area contributed by atoms with E-state index in [1.165, 1.54) is 0 Å². The fourth-order valence-electron chi connectivity index (χ4n) is 2.81. The number of hydrogen-bond acceptors (Lipinski definition) is 12. The van der Waals surface area contributed by atoms with E-state index < -0.39 is 83.8 Å². The van der Waals surface area contributed by atoms with Crippen molar-refractivity contribution in [3.05, 3.63) is 11.8 Å². The molecule has 1 amide bonds. The van der Waals surface area contributed by atoms with Crippen LogP contribution in [-0.4, -0.2) is 106 Å². The van der Waals surface area contributed by atoms with Crippen LogP contribution in [0.5, 0.6) is 0 Å². The van der Waals surface area contributed by atoms with Gasteiger partial charge in [-0.2, -0.15) is 8.42 Å². The number of aliphatic hydroxyl groups is 4. The van der Waals surface area contributed by atoms with Gasteiger partial charge < -0.3 is 45.1 Å². The Morgan fingerprint density at radius 2 is 1.83 bits per heavy atom. The van der Waals surface area contributed by atoms with Crippen molar-refractivity contribution in [3.8, 4) is 0 Å². The Morgan fingerprint density at radius 3 is 2.37 bits per heavy atom. The van der Waals surface area contributed by atoms with E-state index in [9.17, 15) is 38.4 Å². The molecule has 2 heterocycles. The second kappa shape index (κ2) is 9.50. The molecule has 7 N–H and O–H groups in total. The second-order valence-corrected chi connectivity index (χ2v) is 7.49. The zero-order valence-electron chi connectivity index (χ0n) is 15.3. The summed E-state index contributed by atoms with van der Waals surface area (Å²) in [5.41, 5.74) is 0. The van der Waals surface area contributed by atoms with Gasteiger partial charge in [0.05, 0.1) is 6.61 Å². The van der Waals surface area contributed by atoms with Gasteiger partial charge in [0.25, 0.3) is 0 Å². The lowest BCUT2D eigenvalue weighted by Crippen LogP contribution is -2.66. The summed E-state index contributed by atoms with van der Waals surface area (Å²) in [6.07, 6.45) is -11.8. The normalized spacial score (nSPS) is 37.1. The highest BCUT2D eigenvalue weighted by molar-refractivity contribution is 7.80. The Hall–Kier alpha value is -1.89. The zero-order valence-corrected chi connectivity index (χ0v) is 16.1. The highest BCUT2D eigenvalue weighted by Crippen LogP contribution is 2.28. The molecule has 16 heteroatoms. The number of rotatable bonds is 7. The summed E-state index contributed by atoms with van der Waals surface area (Å²) < 4.78 is 49.9. The van der Waals surface area contributed by atoms with Gasteiger partial charge in [0.2, 0.25) is 18.0 Å². The minimum Gasteiger partial charge on any atom is -0.475 e. The third-order valence-corrected chi connectivity index (χ3v) is 4.57.